The average molecular weight is 957 g/mol. The lowest BCUT2D eigenvalue weighted by Crippen LogP contribution is -2.67. The van der Waals surface area contributed by atoms with Gasteiger partial charge in [-0.2, -0.15) is 0 Å². The van der Waals surface area contributed by atoms with Crippen molar-refractivity contribution in [3.05, 3.63) is 23.8 Å². The standard InChI is InChI=1S/C48H76O19/c1-20-10-13-48(15-14-46(6)23(29(48)21(20)2)8-9-28-44(4)16-24(51)39(60)45(5,19-50)27(44)11-12-47(28,46)7)43(61)67-42-36(58)33(55)31(53)26(65-42)18-62-40-37(59)34(56)38(25(17-49)64-40)66-41-35(57)32(54)30(52)22(3)63-41/h8,11-12,20-22,24-42,49-60H,9-10,13-19H2,1-7H3. The van der Waals surface area contributed by atoms with Crippen molar-refractivity contribution in [2.75, 3.05) is 19.8 Å². The highest BCUT2D eigenvalue weighted by atomic mass is 16.8. The zero-order valence-corrected chi connectivity index (χ0v) is 39.5. The summed E-state index contributed by atoms with van der Waals surface area (Å²) < 4.78 is 34.7. The monoisotopic (exact) mass is 956 g/mol. The number of allylic oxidation sites excluding steroid dienone is 4. The second kappa shape index (κ2) is 18.4. The van der Waals surface area contributed by atoms with Crippen LogP contribution >= 0.6 is 0 Å². The summed E-state index contributed by atoms with van der Waals surface area (Å²) in [6.07, 6.45) is -16.5. The third-order valence-electron chi connectivity index (χ3n) is 19.1. The van der Waals surface area contributed by atoms with Gasteiger partial charge in [0.25, 0.3) is 0 Å². The van der Waals surface area contributed by atoms with Crippen molar-refractivity contribution in [1.82, 2.24) is 0 Å². The fourth-order valence-electron chi connectivity index (χ4n) is 14.5. The molecule has 0 radical (unpaired) electrons. The van der Waals surface area contributed by atoms with Gasteiger partial charge < -0.3 is 89.7 Å². The van der Waals surface area contributed by atoms with Crippen molar-refractivity contribution in [1.29, 1.82) is 0 Å². The van der Waals surface area contributed by atoms with Crippen LogP contribution in [0.15, 0.2) is 23.8 Å². The van der Waals surface area contributed by atoms with Crippen molar-refractivity contribution < 1.29 is 94.5 Å². The molecule has 8 rings (SSSR count). The smallest absolute Gasteiger partial charge is 0.315 e. The number of esters is 1. The molecule has 0 bridgehead atoms. The number of fused-ring (bicyclic) bond motifs is 7. The first-order valence-corrected chi connectivity index (χ1v) is 24.2. The van der Waals surface area contributed by atoms with E-state index in [1.807, 2.05) is 6.92 Å². The number of aliphatic hydroxyl groups is 12. The Morgan fingerprint density at radius 1 is 0.746 bits per heavy atom. The lowest BCUT2D eigenvalue weighted by atomic mass is 9.34. The Hall–Kier alpha value is -1.73. The van der Waals surface area contributed by atoms with E-state index in [0.717, 1.165) is 12.0 Å². The molecule has 0 aromatic carbocycles. The Kier molecular flexibility index (Phi) is 14.2. The molecule has 3 heterocycles. The summed E-state index contributed by atoms with van der Waals surface area (Å²) in [6, 6.07) is 0. The molecular formula is C48H76O19. The summed E-state index contributed by atoms with van der Waals surface area (Å²) in [5.41, 5.74) is -2.15. The molecule has 27 atom stereocenters. The van der Waals surface area contributed by atoms with Gasteiger partial charge in [-0.3, -0.25) is 4.79 Å². The Balaban J connectivity index is 0.987. The van der Waals surface area contributed by atoms with Crippen LogP contribution in [0.5, 0.6) is 0 Å². The maximum Gasteiger partial charge on any atom is 0.315 e. The molecule has 67 heavy (non-hydrogen) atoms. The first kappa shape index (κ1) is 51.6. The molecule has 0 amide bonds. The van der Waals surface area contributed by atoms with E-state index < -0.39 is 151 Å². The molecule has 27 unspecified atom stereocenters. The van der Waals surface area contributed by atoms with Crippen molar-refractivity contribution >= 4 is 5.97 Å². The molecule has 19 heteroatoms. The van der Waals surface area contributed by atoms with E-state index in [1.54, 1.807) is 0 Å². The predicted molar refractivity (Wildman–Crippen MR) is 231 cm³/mol. The fourth-order valence-corrected chi connectivity index (χ4v) is 14.5. The van der Waals surface area contributed by atoms with E-state index in [9.17, 15) is 66.1 Å². The van der Waals surface area contributed by atoms with Gasteiger partial charge in [0.2, 0.25) is 6.29 Å². The highest BCUT2D eigenvalue weighted by Gasteiger charge is 2.70. The van der Waals surface area contributed by atoms with E-state index in [-0.39, 0.29) is 36.2 Å². The zero-order chi connectivity index (χ0) is 49.1. The Morgan fingerprint density at radius 2 is 1.39 bits per heavy atom. The fraction of sp³-hybridized carbons (Fsp3) is 0.896. The summed E-state index contributed by atoms with van der Waals surface area (Å²) in [7, 11) is 0. The van der Waals surface area contributed by atoms with Gasteiger partial charge in [-0.25, -0.2) is 0 Å². The van der Waals surface area contributed by atoms with Gasteiger partial charge in [0, 0.05) is 5.41 Å². The first-order chi connectivity index (χ1) is 31.4. The third-order valence-corrected chi connectivity index (χ3v) is 19.1. The second-order valence-corrected chi connectivity index (χ2v) is 22.5. The molecule has 0 aromatic heterocycles. The van der Waals surface area contributed by atoms with Gasteiger partial charge in [0.05, 0.1) is 43.5 Å². The molecule has 6 fully saturated rings. The van der Waals surface area contributed by atoms with Gasteiger partial charge >= 0.3 is 5.97 Å². The maximum absolute atomic E-state index is 15.0. The third kappa shape index (κ3) is 7.84. The topological polar surface area (TPSA) is 315 Å². The van der Waals surface area contributed by atoms with Crippen molar-refractivity contribution in [2.24, 2.45) is 56.7 Å². The van der Waals surface area contributed by atoms with Crippen molar-refractivity contribution in [3.63, 3.8) is 0 Å². The summed E-state index contributed by atoms with van der Waals surface area (Å²) in [5, 5.41) is 130. The number of aliphatic hydroxyl groups excluding tert-OH is 12. The molecule has 382 valence electrons. The van der Waals surface area contributed by atoms with Gasteiger partial charge in [-0.15, -0.1) is 0 Å². The van der Waals surface area contributed by atoms with Crippen LogP contribution < -0.4 is 0 Å². The second-order valence-electron chi connectivity index (χ2n) is 22.5. The van der Waals surface area contributed by atoms with Crippen LogP contribution in [-0.4, -0.2) is 191 Å². The molecule has 8 aliphatic rings. The van der Waals surface area contributed by atoms with Crippen LogP contribution in [0.25, 0.3) is 0 Å². The number of hydrogen-bond donors (Lipinski definition) is 12. The van der Waals surface area contributed by atoms with E-state index >= 15 is 0 Å². The molecule has 0 aromatic rings. The van der Waals surface area contributed by atoms with Crippen LogP contribution in [-0.2, 0) is 33.2 Å². The highest BCUT2D eigenvalue weighted by molar-refractivity contribution is 5.79. The molecule has 3 saturated heterocycles. The largest absolute Gasteiger partial charge is 0.432 e. The summed E-state index contributed by atoms with van der Waals surface area (Å²) in [5.74, 6) is -0.748. The minimum atomic E-state index is -1.87. The Morgan fingerprint density at radius 3 is 2.06 bits per heavy atom. The summed E-state index contributed by atoms with van der Waals surface area (Å²) in [4.78, 5) is 15.0. The molecule has 3 aliphatic heterocycles. The van der Waals surface area contributed by atoms with E-state index in [4.69, 9.17) is 28.4 Å². The van der Waals surface area contributed by atoms with Crippen LogP contribution in [0.1, 0.15) is 87.0 Å². The van der Waals surface area contributed by atoms with Crippen LogP contribution in [0.3, 0.4) is 0 Å². The van der Waals surface area contributed by atoms with Crippen molar-refractivity contribution in [2.45, 2.75) is 191 Å². The molecule has 19 nitrogen and oxygen atoms in total. The van der Waals surface area contributed by atoms with E-state index in [2.05, 4.69) is 52.8 Å². The maximum atomic E-state index is 15.0. The lowest BCUT2D eigenvalue weighted by molar-refractivity contribution is -0.361. The Bertz CT molecular complexity index is 1870. The predicted octanol–water partition coefficient (Wildman–Crippen LogP) is -1.26. The molecule has 12 N–H and O–H groups in total. The number of carbonyl (C=O) groups excluding carboxylic acids is 1. The van der Waals surface area contributed by atoms with E-state index in [0.29, 0.717) is 32.1 Å². The van der Waals surface area contributed by atoms with Gasteiger partial charge in [0.15, 0.2) is 12.6 Å². The normalized spacial score (nSPS) is 56.4. The minimum Gasteiger partial charge on any atom is -0.432 e. The average Bonchev–Trinajstić information content (AvgIpc) is 3.29. The number of ether oxygens (including phenoxy) is 6. The SMILES string of the molecule is CC1CCC2(C(=O)OC3OC(COC4OC(CO)C(OC5OC(C)C(O)C(O)C5O)C(O)C4O)C(O)C(O)C3O)CCC3(C)C(=CCC4C5(C)CC(O)C(O)C(C)(CO)C5C=CC43C)C2C1C. The minimum absolute atomic E-state index is 0.0339. The highest BCUT2D eigenvalue weighted by Crippen LogP contribution is 2.74. The van der Waals surface area contributed by atoms with E-state index in [1.165, 1.54) is 6.92 Å². The van der Waals surface area contributed by atoms with Crippen LogP contribution in [0, 0.1) is 56.7 Å². The lowest BCUT2D eigenvalue weighted by Gasteiger charge is -2.69. The van der Waals surface area contributed by atoms with Gasteiger partial charge in [-0.1, -0.05) is 65.3 Å². The number of carbonyl (C=O) groups is 1. The van der Waals surface area contributed by atoms with Gasteiger partial charge in [-0.05, 0) is 91.3 Å². The van der Waals surface area contributed by atoms with Crippen molar-refractivity contribution in [3.8, 4) is 0 Å². The summed E-state index contributed by atoms with van der Waals surface area (Å²) >= 11 is 0. The quantitative estimate of drug-likeness (QED) is 0.0949. The van der Waals surface area contributed by atoms with Crippen LogP contribution in [0.4, 0.5) is 0 Å². The molecule has 3 saturated carbocycles. The zero-order valence-electron chi connectivity index (χ0n) is 39.5. The molecular weight excluding hydrogens is 881 g/mol. The molecule has 0 spiro atoms. The van der Waals surface area contributed by atoms with Crippen LogP contribution in [0.2, 0.25) is 0 Å². The number of rotatable bonds is 9. The first-order valence-electron chi connectivity index (χ1n) is 24.2. The Labute approximate surface area is 391 Å². The summed E-state index contributed by atoms with van der Waals surface area (Å²) in [6.45, 7) is 12.6. The number of hydrogen-bond acceptors (Lipinski definition) is 19. The molecule has 5 aliphatic carbocycles. The van der Waals surface area contributed by atoms with Gasteiger partial charge in [0.1, 0.15) is 67.1 Å².